The monoisotopic (exact) mass is 372 g/mol. The summed E-state index contributed by atoms with van der Waals surface area (Å²) in [5, 5.41) is 0. The number of carbonyl (C=O) groups is 2. The number of rotatable bonds is 5. The quantitative estimate of drug-likeness (QED) is 0.668. The molecule has 25 heavy (non-hydrogen) atoms. The Morgan fingerprint density at radius 2 is 1.88 bits per heavy atom. The maximum atomic E-state index is 12.4. The molecular weight excluding hydrogens is 344 g/mol. The number of likely N-dealkylation sites (tertiary alicyclic amines) is 1. The van der Waals surface area contributed by atoms with E-state index in [0.717, 1.165) is 0 Å². The molecular formula is C17H28N2O5S. The molecule has 1 amide bonds. The fourth-order valence-corrected chi connectivity index (χ4v) is 6.13. The van der Waals surface area contributed by atoms with E-state index in [1.165, 1.54) is 0 Å². The van der Waals surface area contributed by atoms with E-state index in [4.69, 9.17) is 4.74 Å². The van der Waals surface area contributed by atoms with E-state index in [-0.39, 0.29) is 34.4 Å². The zero-order chi connectivity index (χ0) is 18.5. The van der Waals surface area contributed by atoms with Crippen LogP contribution in [0.2, 0.25) is 0 Å². The standard InChI is InChI=1S/C17H28N2O5S/c1-16(2,3)12-25(22,23)19-10-17(11-19)8-18(9-17)14(20)5-4-13-6-15(21)24-7-13/h13H,4-12H2,1-3H3/t13-/m0/s1. The van der Waals surface area contributed by atoms with Gasteiger partial charge in [0, 0.05) is 43.9 Å². The molecule has 3 fully saturated rings. The molecule has 3 aliphatic rings. The maximum Gasteiger partial charge on any atom is 0.306 e. The second kappa shape index (κ2) is 6.23. The lowest BCUT2D eigenvalue weighted by Gasteiger charge is -2.59. The van der Waals surface area contributed by atoms with Gasteiger partial charge in [0.15, 0.2) is 0 Å². The summed E-state index contributed by atoms with van der Waals surface area (Å²) in [7, 11) is -3.21. The Labute approximate surface area is 149 Å². The number of ether oxygens (including phenoxy) is 1. The lowest BCUT2D eigenvalue weighted by atomic mass is 9.74. The number of amides is 1. The lowest BCUT2D eigenvalue weighted by molar-refractivity contribution is -0.152. The fraction of sp³-hybridized carbons (Fsp3) is 0.882. The van der Waals surface area contributed by atoms with Crippen LogP contribution in [0.3, 0.4) is 0 Å². The summed E-state index contributed by atoms with van der Waals surface area (Å²) in [6.45, 7) is 8.55. The first-order valence-corrected chi connectivity index (χ1v) is 10.5. The molecule has 0 saturated carbocycles. The Morgan fingerprint density at radius 3 is 2.40 bits per heavy atom. The van der Waals surface area contributed by atoms with Crippen LogP contribution in [0.1, 0.15) is 40.0 Å². The minimum absolute atomic E-state index is 0.0347. The summed E-state index contributed by atoms with van der Waals surface area (Å²) in [4.78, 5) is 25.1. The molecule has 3 heterocycles. The highest BCUT2D eigenvalue weighted by Gasteiger charge is 2.56. The smallest absolute Gasteiger partial charge is 0.306 e. The molecule has 0 radical (unpaired) electrons. The Bertz CT molecular complexity index is 653. The molecule has 8 heteroatoms. The number of esters is 1. The Kier molecular flexibility index (Phi) is 4.64. The molecule has 0 aromatic carbocycles. The molecule has 1 atom stereocenters. The number of sulfonamides is 1. The number of cyclic esters (lactones) is 1. The third-order valence-corrected chi connectivity index (χ3v) is 7.42. The van der Waals surface area contributed by atoms with E-state index in [2.05, 4.69) is 0 Å². The van der Waals surface area contributed by atoms with E-state index in [9.17, 15) is 18.0 Å². The molecule has 3 aliphatic heterocycles. The van der Waals surface area contributed by atoms with Gasteiger partial charge in [-0.2, -0.15) is 0 Å². The van der Waals surface area contributed by atoms with Crippen LogP contribution in [0.25, 0.3) is 0 Å². The minimum Gasteiger partial charge on any atom is -0.465 e. The summed E-state index contributed by atoms with van der Waals surface area (Å²) in [6, 6.07) is 0. The first kappa shape index (κ1) is 18.6. The maximum absolute atomic E-state index is 12.4. The van der Waals surface area contributed by atoms with Crippen molar-refractivity contribution in [2.75, 3.05) is 38.5 Å². The largest absolute Gasteiger partial charge is 0.465 e. The van der Waals surface area contributed by atoms with Crippen LogP contribution in [0.5, 0.6) is 0 Å². The van der Waals surface area contributed by atoms with Crippen molar-refractivity contribution in [3.05, 3.63) is 0 Å². The van der Waals surface area contributed by atoms with Gasteiger partial charge < -0.3 is 9.64 Å². The molecule has 0 unspecified atom stereocenters. The molecule has 3 saturated heterocycles. The van der Waals surface area contributed by atoms with Crippen molar-refractivity contribution in [2.45, 2.75) is 40.0 Å². The van der Waals surface area contributed by atoms with Crippen LogP contribution in [-0.4, -0.2) is 68.0 Å². The SMILES string of the molecule is CC(C)(C)CS(=O)(=O)N1CC2(CN(C(=O)CC[C@@H]3COC(=O)C3)C2)C1. The molecule has 3 rings (SSSR count). The summed E-state index contributed by atoms with van der Waals surface area (Å²) in [6.07, 6.45) is 1.53. The van der Waals surface area contributed by atoms with Crippen molar-refractivity contribution in [3.63, 3.8) is 0 Å². The third kappa shape index (κ3) is 4.16. The van der Waals surface area contributed by atoms with Crippen molar-refractivity contribution < 1.29 is 22.7 Å². The summed E-state index contributed by atoms with van der Waals surface area (Å²) in [5.41, 5.74) is -0.290. The van der Waals surface area contributed by atoms with E-state index < -0.39 is 10.0 Å². The second-order valence-electron chi connectivity index (χ2n) is 9.13. The zero-order valence-corrected chi connectivity index (χ0v) is 16.1. The van der Waals surface area contributed by atoms with Gasteiger partial charge >= 0.3 is 5.97 Å². The predicted octanol–water partition coefficient (Wildman–Crippen LogP) is 0.850. The summed E-state index contributed by atoms with van der Waals surface area (Å²) >= 11 is 0. The van der Waals surface area contributed by atoms with Crippen LogP contribution < -0.4 is 0 Å². The third-order valence-electron chi connectivity index (χ3n) is 5.14. The van der Waals surface area contributed by atoms with Gasteiger partial charge in [0.2, 0.25) is 15.9 Å². The van der Waals surface area contributed by atoms with E-state index in [0.29, 0.717) is 52.0 Å². The molecule has 0 N–H and O–H groups in total. The van der Waals surface area contributed by atoms with Gasteiger partial charge in [-0.3, -0.25) is 9.59 Å². The van der Waals surface area contributed by atoms with E-state index in [1.54, 1.807) is 4.31 Å². The molecule has 0 bridgehead atoms. The predicted molar refractivity (Wildman–Crippen MR) is 92.1 cm³/mol. The van der Waals surface area contributed by atoms with E-state index >= 15 is 0 Å². The average Bonchev–Trinajstić information content (AvgIpc) is 2.75. The highest BCUT2D eigenvalue weighted by molar-refractivity contribution is 7.89. The normalized spacial score (nSPS) is 26.3. The van der Waals surface area contributed by atoms with Crippen molar-refractivity contribution in [2.24, 2.45) is 16.7 Å². The molecule has 1 spiro atoms. The van der Waals surface area contributed by atoms with E-state index in [1.807, 2.05) is 25.7 Å². The average molecular weight is 372 g/mol. The number of hydrogen-bond acceptors (Lipinski definition) is 5. The topological polar surface area (TPSA) is 84.0 Å². The fourth-order valence-electron chi connectivity index (χ4n) is 3.91. The summed E-state index contributed by atoms with van der Waals surface area (Å²) in [5.74, 6) is 0.238. The van der Waals surface area contributed by atoms with Crippen molar-refractivity contribution in [1.82, 2.24) is 9.21 Å². The first-order valence-electron chi connectivity index (χ1n) is 8.89. The number of nitrogens with zero attached hydrogens (tertiary/aromatic N) is 2. The van der Waals surface area contributed by atoms with Gasteiger partial charge in [-0.1, -0.05) is 20.8 Å². The van der Waals surface area contributed by atoms with Crippen LogP contribution in [-0.2, 0) is 24.3 Å². The highest BCUT2D eigenvalue weighted by Crippen LogP contribution is 2.42. The zero-order valence-electron chi connectivity index (χ0n) is 15.3. The Balaban J connectivity index is 1.40. The van der Waals surface area contributed by atoms with Crippen LogP contribution in [0.4, 0.5) is 0 Å². The van der Waals surface area contributed by atoms with Crippen LogP contribution in [0, 0.1) is 16.7 Å². The van der Waals surface area contributed by atoms with Gasteiger partial charge in [0.1, 0.15) is 0 Å². The van der Waals surface area contributed by atoms with Crippen LogP contribution in [0.15, 0.2) is 0 Å². The summed E-state index contributed by atoms with van der Waals surface area (Å²) < 4.78 is 31.2. The van der Waals surface area contributed by atoms with Gasteiger partial charge in [0.25, 0.3) is 0 Å². The Hall–Kier alpha value is -1.15. The van der Waals surface area contributed by atoms with Gasteiger partial charge in [-0.25, -0.2) is 12.7 Å². The molecule has 0 aromatic rings. The Morgan fingerprint density at radius 1 is 1.24 bits per heavy atom. The molecule has 142 valence electrons. The number of hydrogen-bond donors (Lipinski definition) is 0. The minimum atomic E-state index is -3.21. The second-order valence-corrected chi connectivity index (χ2v) is 11.1. The van der Waals surface area contributed by atoms with Crippen molar-refractivity contribution in [1.29, 1.82) is 0 Å². The highest BCUT2D eigenvalue weighted by atomic mass is 32.2. The number of carbonyl (C=O) groups excluding carboxylic acids is 2. The van der Waals surface area contributed by atoms with Gasteiger partial charge in [0.05, 0.1) is 18.8 Å². The van der Waals surface area contributed by atoms with Gasteiger partial charge in [-0.05, 0) is 11.8 Å². The molecule has 0 aliphatic carbocycles. The van der Waals surface area contributed by atoms with Crippen molar-refractivity contribution >= 4 is 21.9 Å². The molecule has 0 aromatic heterocycles. The first-order chi connectivity index (χ1) is 11.5. The molecule has 7 nitrogen and oxygen atoms in total. The van der Waals surface area contributed by atoms with Gasteiger partial charge in [-0.15, -0.1) is 0 Å². The lowest BCUT2D eigenvalue weighted by Crippen LogP contribution is -2.73. The van der Waals surface area contributed by atoms with Crippen molar-refractivity contribution in [3.8, 4) is 0 Å². The van der Waals surface area contributed by atoms with Crippen LogP contribution >= 0.6 is 0 Å².